The molecule has 2 aromatic carbocycles. The van der Waals surface area contributed by atoms with Crippen LogP contribution in [0.3, 0.4) is 0 Å². The second-order valence-electron chi connectivity index (χ2n) is 5.50. The van der Waals surface area contributed by atoms with E-state index in [1.807, 2.05) is 42.5 Å². The molecule has 134 valence electrons. The summed E-state index contributed by atoms with van der Waals surface area (Å²) in [4.78, 5) is 24.6. The van der Waals surface area contributed by atoms with E-state index in [0.717, 1.165) is 5.56 Å². The van der Waals surface area contributed by atoms with E-state index in [4.69, 9.17) is 5.11 Å². The minimum absolute atomic E-state index is 0.0103. The molecule has 0 unspecified atom stereocenters. The van der Waals surface area contributed by atoms with Gasteiger partial charge in [-0.25, -0.2) is 0 Å². The molecular formula is C21H22N2O3. The third-order valence-corrected chi connectivity index (χ3v) is 3.50. The first-order chi connectivity index (χ1) is 12.7. The van der Waals surface area contributed by atoms with Crippen LogP contribution in [0.4, 0.5) is 0 Å². The number of nitrogens with one attached hydrogen (secondary N) is 2. The van der Waals surface area contributed by atoms with E-state index in [9.17, 15) is 9.59 Å². The maximum atomic E-state index is 12.3. The zero-order valence-electron chi connectivity index (χ0n) is 14.4. The van der Waals surface area contributed by atoms with Crippen molar-refractivity contribution < 1.29 is 14.7 Å². The maximum absolute atomic E-state index is 12.3. The second-order valence-corrected chi connectivity index (χ2v) is 5.50. The second kappa shape index (κ2) is 10.6. The van der Waals surface area contributed by atoms with Crippen molar-refractivity contribution in [2.45, 2.75) is 6.42 Å². The van der Waals surface area contributed by atoms with E-state index >= 15 is 0 Å². The van der Waals surface area contributed by atoms with Crippen molar-refractivity contribution in [3.05, 3.63) is 89.6 Å². The quantitative estimate of drug-likeness (QED) is 0.389. The van der Waals surface area contributed by atoms with Gasteiger partial charge in [0.25, 0.3) is 11.8 Å². The van der Waals surface area contributed by atoms with Gasteiger partial charge >= 0.3 is 0 Å². The van der Waals surface area contributed by atoms with Gasteiger partial charge in [0.15, 0.2) is 0 Å². The van der Waals surface area contributed by atoms with E-state index in [-0.39, 0.29) is 18.2 Å². The van der Waals surface area contributed by atoms with Crippen LogP contribution >= 0.6 is 0 Å². The molecule has 0 bridgehead atoms. The van der Waals surface area contributed by atoms with Gasteiger partial charge in [-0.05, 0) is 30.2 Å². The van der Waals surface area contributed by atoms with Crippen LogP contribution in [0.5, 0.6) is 0 Å². The molecule has 0 aliphatic carbocycles. The predicted octanol–water partition coefficient (Wildman–Crippen LogP) is 2.51. The fourth-order valence-corrected chi connectivity index (χ4v) is 2.15. The third-order valence-electron chi connectivity index (χ3n) is 3.50. The molecule has 5 nitrogen and oxygen atoms in total. The number of aliphatic hydroxyl groups is 1. The number of benzene rings is 2. The highest BCUT2D eigenvalue weighted by molar-refractivity contribution is 6.03. The van der Waals surface area contributed by atoms with Gasteiger partial charge in [-0.2, -0.15) is 0 Å². The van der Waals surface area contributed by atoms with Crippen LogP contribution in [-0.2, 0) is 4.79 Å². The van der Waals surface area contributed by atoms with Gasteiger partial charge in [0.05, 0.1) is 0 Å². The van der Waals surface area contributed by atoms with Crippen molar-refractivity contribution in [2.24, 2.45) is 0 Å². The van der Waals surface area contributed by atoms with Crippen molar-refractivity contribution in [2.75, 3.05) is 13.2 Å². The highest BCUT2D eigenvalue weighted by atomic mass is 16.3. The number of carbonyl (C=O) groups excluding carboxylic acids is 2. The summed E-state index contributed by atoms with van der Waals surface area (Å²) in [6, 6.07) is 18.3. The van der Waals surface area contributed by atoms with Gasteiger partial charge in [0.2, 0.25) is 0 Å². The van der Waals surface area contributed by atoms with Crippen LogP contribution in [0.25, 0.3) is 6.08 Å². The molecule has 0 spiro atoms. The predicted molar refractivity (Wildman–Crippen MR) is 102 cm³/mol. The average Bonchev–Trinajstić information content (AvgIpc) is 2.68. The van der Waals surface area contributed by atoms with E-state index < -0.39 is 5.91 Å². The number of aliphatic hydroxyl groups excluding tert-OH is 1. The van der Waals surface area contributed by atoms with Crippen molar-refractivity contribution in [1.82, 2.24) is 10.6 Å². The zero-order chi connectivity index (χ0) is 18.6. The molecule has 3 N–H and O–H groups in total. The summed E-state index contributed by atoms with van der Waals surface area (Å²) in [7, 11) is 0. The first-order valence-corrected chi connectivity index (χ1v) is 8.39. The van der Waals surface area contributed by atoms with E-state index in [2.05, 4.69) is 10.6 Å². The summed E-state index contributed by atoms with van der Waals surface area (Å²) < 4.78 is 0. The largest absolute Gasteiger partial charge is 0.396 e. The molecule has 0 saturated carbocycles. The number of amides is 2. The molecule has 2 amide bonds. The lowest BCUT2D eigenvalue weighted by atomic mass is 10.2. The highest BCUT2D eigenvalue weighted by Gasteiger charge is 2.13. The molecule has 0 aliphatic rings. The summed E-state index contributed by atoms with van der Waals surface area (Å²) in [5.74, 6) is -0.761. The number of hydrogen-bond donors (Lipinski definition) is 3. The smallest absolute Gasteiger partial charge is 0.267 e. The Morgan fingerprint density at radius 1 is 0.962 bits per heavy atom. The number of allylic oxidation sites excluding steroid dienone is 2. The highest BCUT2D eigenvalue weighted by Crippen LogP contribution is 2.04. The maximum Gasteiger partial charge on any atom is 0.267 e. The lowest BCUT2D eigenvalue weighted by molar-refractivity contribution is -0.117. The van der Waals surface area contributed by atoms with E-state index in [0.29, 0.717) is 18.5 Å². The average molecular weight is 350 g/mol. The number of hydrogen-bond acceptors (Lipinski definition) is 3. The van der Waals surface area contributed by atoms with E-state index in [1.54, 1.807) is 36.4 Å². The summed E-state index contributed by atoms with van der Waals surface area (Å²) in [5.41, 5.74) is 1.59. The molecule has 0 aromatic heterocycles. The molecule has 2 aromatic rings. The molecule has 0 saturated heterocycles. The fraction of sp³-hybridized carbons (Fsp3) is 0.143. The van der Waals surface area contributed by atoms with Gasteiger partial charge in [-0.1, -0.05) is 60.7 Å². The van der Waals surface area contributed by atoms with Crippen LogP contribution in [-0.4, -0.2) is 30.1 Å². The molecule has 26 heavy (non-hydrogen) atoms. The molecule has 5 heteroatoms. The van der Waals surface area contributed by atoms with Gasteiger partial charge in [0.1, 0.15) is 5.70 Å². The first-order valence-electron chi connectivity index (χ1n) is 8.39. The van der Waals surface area contributed by atoms with Gasteiger partial charge < -0.3 is 15.7 Å². The van der Waals surface area contributed by atoms with Crippen LogP contribution in [0.2, 0.25) is 0 Å². The summed E-state index contributed by atoms with van der Waals surface area (Å²) in [6.07, 6.45) is 5.56. The van der Waals surface area contributed by atoms with Crippen molar-refractivity contribution in [3.8, 4) is 0 Å². The van der Waals surface area contributed by atoms with Crippen LogP contribution in [0.15, 0.2) is 78.5 Å². The Morgan fingerprint density at radius 3 is 2.27 bits per heavy atom. The van der Waals surface area contributed by atoms with E-state index in [1.165, 1.54) is 0 Å². The minimum Gasteiger partial charge on any atom is -0.396 e. The molecule has 0 fully saturated rings. The van der Waals surface area contributed by atoms with Crippen molar-refractivity contribution in [1.29, 1.82) is 0 Å². The summed E-state index contributed by atoms with van der Waals surface area (Å²) >= 11 is 0. The Morgan fingerprint density at radius 2 is 1.62 bits per heavy atom. The monoisotopic (exact) mass is 350 g/mol. The molecule has 2 rings (SSSR count). The van der Waals surface area contributed by atoms with Crippen molar-refractivity contribution in [3.63, 3.8) is 0 Å². The summed E-state index contributed by atoms with van der Waals surface area (Å²) in [5, 5.41) is 14.1. The standard InChI is InChI=1S/C21H22N2O3/c24-16-8-15-22-21(26)19(14-7-11-17-9-3-1-4-10-17)23-20(25)18-12-5-2-6-13-18/h1-7,9-14,24H,8,15-16H2,(H,22,26)(H,23,25)/b11-7-,19-14+. The zero-order valence-corrected chi connectivity index (χ0v) is 14.4. The Labute approximate surface area is 153 Å². The summed E-state index contributed by atoms with van der Waals surface area (Å²) in [6.45, 7) is 0.319. The SMILES string of the molecule is O=C(NCCCO)/C(=C\C=C/c1ccccc1)NC(=O)c1ccccc1. The normalized spacial score (nSPS) is 11.3. The topological polar surface area (TPSA) is 78.4 Å². The molecule has 0 aliphatic heterocycles. The van der Waals surface area contributed by atoms with Gasteiger partial charge in [0, 0.05) is 18.7 Å². The van der Waals surface area contributed by atoms with Gasteiger partial charge in [-0.15, -0.1) is 0 Å². The number of rotatable bonds is 8. The molecular weight excluding hydrogens is 328 g/mol. The van der Waals surface area contributed by atoms with Crippen LogP contribution in [0.1, 0.15) is 22.3 Å². The third kappa shape index (κ3) is 6.37. The first kappa shape index (κ1) is 19.1. The Bertz CT molecular complexity index is 768. The Kier molecular flexibility index (Phi) is 7.83. The Balaban J connectivity index is 2.12. The Hall–Kier alpha value is -3.18. The lowest BCUT2D eigenvalue weighted by Crippen LogP contribution is -2.35. The molecule has 0 atom stereocenters. The fourth-order valence-electron chi connectivity index (χ4n) is 2.15. The van der Waals surface area contributed by atoms with Crippen LogP contribution < -0.4 is 10.6 Å². The lowest BCUT2D eigenvalue weighted by Gasteiger charge is -2.10. The van der Waals surface area contributed by atoms with Crippen LogP contribution in [0, 0.1) is 0 Å². The molecule has 0 heterocycles. The van der Waals surface area contributed by atoms with Gasteiger partial charge in [-0.3, -0.25) is 9.59 Å². The number of carbonyl (C=O) groups is 2. The molecule has 0 radical (unpaired) electrons. The minimum atomic E-state index is -0.402. The van der Waals surface area contributed by atoms with Crippen molar-refractivity contribution >= 4 is 17.9 Å².